The van der Waals surface area contributed by atoms with Crippen molar-refractivity contribution in [1.82, 2.24) is 0 Å². The van der Waals surface area contributed by atoms with Crippen molar-refractivity contribution in [3.05, 3.63) is 88.7 Å². The topological polar surface area (TPSA) is 46.5 Å². The second-order valence-corrected chi connectivity index (χ2v) is 6.67. The molecule has 0 saturated heterocycles. The minimum atomic E-state index is -1.21. The van der Waals surface area contributed by atoms with Crippen LogP contribution < -0.4 is 4.74 Å². The first kappa shape index (κ1) is 20.5. The molecule has 1 N–H and O–H groups in total. The smallest absolute Gasteiger partial charge is 0.341 e. The van der Waals surface area contributed by atoms with Crippen LogP contribution in [0, 0.1) is 24.4 Å². The Morgan fingerprint density at radius 1 is 0.966 bits per heavy atom. The summed E-state index contributed by atoms with van der Waals surface area (Å²) in [5.41, 5.74) is 2.66. The lowest BCUT2D eigenvalue weighted by Gasteiger charge is -2.13. The molecular weight excluding hydrogens is 381 g/mol. The molecule has 0 aliphatic rings. The minimum absolute atomic E-state index is 0.151. The Balaban J connectivity index is 1.83. The van der Waals surface area contributed by atoms with Crippen LogP contribution in [0.25, 0.3) is 11.1 Å². The third-order valence-corrected chi connectivity index (χ3v) is 4.64. The Kier molecular flexibility index (Phi) is 6.22. The number of hydrogen-bond donors (Lipinski definition) is 1. The number of hydrogen-bond acceptors (Lipinski definition) is 2. The third kappa shape index (κ3) is 4.96. The van der Waals surface area contributed by atoms with Gasteiger partial charge in [-0.3, -0.25) is 0 Å². The second-order valence-electron chi connectivity index (χ2n) is 6.67. The van der Waals surface area contributed by atoms with Gasteiger partial charge in [0.2, 0.25) is 0 Å². The Hall–Kier alpha value is -3.28. The van der Waals surface area contributed by atoms with Crippen molar-refractivity contribution in [2.45, 2.75) is 19.8 Å². The Morgan fingerprint density at radius 3 is 2.45 bits per heavy atom. The van der Waals surface area contributed by atoms with Crippen molar-refractivity contribution in [2.75, 3.05) is 6.61 Å². The number of carboxylic acid groups (broad SMARTS) is 1. The van der Waals surface area contributed by atoms with Crippen LogP contribution in [0.1, 0.15) is 16.7 Å². The standard InChI is InChI=1S/C23H19F3O3/c1-14-5-10-21(29-13-22(27)28)23(26)19(14)8-6-17-11-16(7-9-20(17)25)15-3-2-4-18(24)12-15/h2-5,7,9-12H,6,8,13H2,1H3,(H,27,28). The van der Waals surface area contributed by atoms with Crippen LogP contribution in [-0.4, -0.2) is 17.7 Å². The molecule has 0 heterocycles. The summed E-state index contributed by atoms with van der Waals surface area (Å²) in [7, 11) is 0. The van der Waals surface area contributed by atoms with Gasteiger partial charge >= 0.3 is 5.97 Å². The van der Waals surface area contributed by atoms with Gasteiger partial charge in [0, 0.05) is 0 Å². The molecule has 3 aromatic carbocycles. The summed E-state index contributed by atoms with van der Waals surface area (Å²) in [5.74, 6) is -2.82. The highest BCUT2D eigenvalue weighted by molar-refractivity contribution is 5.68. The Labute approximate surface area is 166 Å². The predicted molar refractivity (Wildman–Crippen MR) is 103 cm³/mol. The molecule has 0 aliphatic carbocycles. The van der Waals surface area contributed by atoms with Gasteiger partial charge in [0.1, 0.15) is 11.6 Å². The Bertz CT molecular complexity index is 1050. The number of aryl methyl sites for hydroxylation is 2. The summed E-state index contributed by atoms with van der Waals surface area (Å²) >= 11 is 0. The van der Waals surface area contributed by atoms with Crippen molar-refractivity contribution in [3.8, 4) is 16.9 Å². The van der Waals surface area contributed by atoms with Crippen molar-refractivity contribution in [3.63, 3.8) is 0 Å². The fourth-order valence-electron chi connectivity index (χ4n) is 3.13. The molecule has 0 spiro atoms. The van der Waals surface area contributed by atoms with Gasteiger partial charge in [-0.05, 0) is 77.9 Å². The highest BCUT2D eigenvalue weighted by Crippen LogP contribution is 2.27. The molecule has 0 aromatic heterocycles. The molecule has 0 aliphatic heterocycles. The molecule has 0 saturated carbocycles. The number of carboxylic acids is 1. The van der Waals surface area contributed by atoms with Gasteiger partial charge in [0.05, 0.1) is 0 Å². The minimum Gasteiger partial charge on any atom is -0.479 e. The van der Waals surface area contributed by atoms with Crippen LogP contribution in [0.15, 0.2) is 54.6 Å². The van der Waals surface area contributed by atoms with Crippen LogP contribution in [0.3, 0.4) is 0 Å². The normalized spacial score (nSPS) is 10.8. The summed E-state index contributed by atoms with van der Waals surface area (Å²) in [6, 6.07) is 13.5. The lowest BCUT2D eigenvalue weighted by Crippen LogP contribution is -2.11. The average molecular weight is 400 g/mol. The van der Waals surface area contributed by atoms with E-state index in [-0.39, 0.29) is 24.4 Å². The lowest BCUT2D eigenvalue weighted by atomic mass is 9.96. The molecule has 0 amide bonds. The first-order valence-corrected chi connectivity index (χ1v) is 9.02. The number of ether oxygens (including phenoxy) is 1. The molecule has 3 aromatic rings. The lowest BCUT2D eigenvalue weighted by molar-refractivity contribution is -0.139. The van der Waals surface area contributed by atoms with E-state index in [0.717, 1.165) is 0 Å². The van der Waals surface area contributed by atoms with E-state index in [0.29, 0.717) is 27.8 Å². The van der Waals surface area contributed by atoms with Crippen LogP contribution in [0.4, 0.5) is 13.2 Å². The number of halogens is 3. The molecule has 0 radical (unpaired) electrons. The van der Waals surface area contributed by atoms with E-state index in [9.17, 15) is 18.0 Å². The summed E-state index contributed by atoms with van der Waals surface area (Å²) in [6.45, 7) is 1.07. The molecule has 3 rings (SSSR count). The molecule has 0 unspecified atom stereocenters. The van der Waals surface area contributed by atoms with E-state index in [4.69, 9.17) is 9.84 Å². The van der Waals surface area contributed by atoms with E-state index in [2.05, 4.69) is 0 Å². The Morgan fingerprint density at radius 2 is 1.72 bits per heavy atom. The van der Waals surface area contributed by atoms with E-state index in [1.807, 2.05) is 0 Å². The van der Waals surface area contributed by atoms with E-state index in [1.54, 1.807) is 37.3 Å². The van der Waals surface area contributed by atoms with Crippen molar-refractivity contribution < 1.29 is 27.8 Å². The number of aliphatic carboxylic acids is 1. The molecule has 3 nitrogen and oxygen atoms in total. The van der Waals surface area contributed by atoms with Gasteiger partial charge in [-0.2, -0.15) is 0 Å². The fraction of sp³-hybridized carbons (Fsp3) is 0.174. The quantitative estimate of drug-likeness (QED) is 0.583. The van der Waals surface area contributed by atoms with Crippen molar-refractivity contribution >= 4 is 5.97 Å². The largest absolute Gasteiger partial charge is 0.479 e. The zero-order valence-electron chi connectivity index (χ0n) is 15.7. The fourth-order valence-corrected chi connectivity index (χ4v) is 3.13. The highest BCUT2D eigenvalue weighted by atomic mass is 19.1. The summed E-state index contributed by atoms with van der Waals surface area (Å²) < 4.78 is 47.5. The predicted octanol–water partition coefficient (Wildman–Crippen LogP) is 5.33. The molecule has 150 valence electrons. The van der Waals surface area contributed by atoms with Crippen molar-refractivity contribution in [1.29, 1.82) is 0 Å². The van der Waals surface area contributed by atoms with Gasteiger partial charge in [-0.15, -0.1) is 0 Å². The van der Waals surface area contributed by atoms with Crippen LogP contribution in [-0.2, 0) is 17.6 Å². The molecule has 0 fully saturated rings. The third-order valence-electron chi connectivity index (χ3n) is 4.64. The summed E-state index contributed by atoms with van der Waals surface area (Å²) in [4.78, 5) is 10.6. The molecule has 29 heavy (non-hydrogen) atoms. The van der Waals surface area contributed by atoms with Gasteiger partial charge < -0.3 is 9.84 Å². The zero-order chi connectivity index (χ0) is 21.0. The summed E-state index contributed by atoms with van der Waals surface area (Å²) in [5, 5.41) is 8.70. The molecule has 6 heteroatoms. The first-order chi connectivity index (χ1) is 13.8. The molecular formula is C23H19F3O3. The van der Waals surface area contributed by atoms with Crippen LogP contribution >= 0.6 is 0 Å². The summed E-state index contributed by atoms with van der Waals surface area (Å²) in [6.07, 6.45) is 0.417. The highest BCUT2D eigenvalue weighted by Gasteiger charge is 2.15. The monoisotopic (exact) mass is 400 g/mol. The number of carbonyl (C=O) groups is 1. The molecule has 0 bridgehead atoms. The molecule has 0 atom stereocenters. The maximum atomic E-state index is 14.7. The van der Waals surface area contributed by atoms with E-state index < -0.39 is 24.2 Å². The van der Waals surface area contributed by atoms with Crippen molar-refractivity contribution in [2.24, 2.45) is 0 Å². The van der Waals surface area contributed by atoms with Gasteiger partial charge in [-0.25, -0.2) is 18.0 Å². The maximum Gasteiger partial charge on any atom is 0.341 e. The zero-order valence-corrected chi connectivity index (χ0v) is 15.7. The van der Waals surface area contributed by atoms with Gasteiger partial charge in [-0.1, -0.05) is 24.3 Å². The second kappa shape index (κ2) is 8.82. The van der Waals surface area contributed by atoms with Gasteiger partial charge in [0.25, 0.3) is 0 Å². The van der Waals surface area contributed by atoms with Crippen LogP contribution in [0.5, 0.6) is 5.75 Å². The first-order valence-electron chi connectivity index (χ1n) is 9.02. The van der Waals surface area contributed by atoms with Gasteiger partial charge in [0.15, 0.2) is 18.2 Å². The van der Waals surface area contributed by atoms with E-state index in [1.165, 1.54) is 24.3 Å². The average Bonchev–Trinajstić information content (AvgIpc) is 2.68. The van der Waals surface area contributed by atoms with E-state index >= 15 is 0 Å². The SMILES string of the molecule is Cc1ccc(OCC(=O)O)c(F)c1CCc1cc(-c2cccc(F)c2)ccc1F. The van der Waals surface area contributed by atoms with Crippen LogP contribution in [0.2, 0.25) is 0 Å². The maximum absolute atomic E-state index is 14.7. The number of benzene rings is 3. The number of rotatable bonds is 7.